The van der Waals surface area contributed by atoms with Gasteiger partial charge in [-0.3, -0.25) is 9.59 Å². The largest absolute Gasteiger partial charge is 0.350 e. The zero-order valence-electron chi connectivity index (χ0n) is 17.7. The zero-order valence-corrected chi connectivity index (χ0v) is 19.2. The van der Waals surface area contributed by atoms with Gasteiger partial charge in [-0.15, -0.1) is 11.8 Å². The topological polar surface area (TPSA) is 49.4 Å². The van der Waals surface area contributed by atoms with E-state index in [4.69, 9.17) is 11.6 Å². The molecule has 0 radical (unpaired) electrons. The van der Waals surface area contributed by atoms with E-state index in [0.717, 1.165) is 16.0 Å². The number of aryl methyl sites for hydroxylation is 1. The van der Waals surface area contributed by atoms with Crippen molar-refractivity contribution in [3.63, 3.8) is 0 Å². The molecule has 2 rings (SSSR count). The van der Waals surface area contributed by atoms with Gasteiger partial charge in [0.25, 0.3) is 0 Å². The molecular formula is C23H29ClN2O2S. The second-order valence-electron chi connectivity index (χ2n) is 8.17. The summed E-state index contributed by atoms with van der Waals surface area (Å²) in [5, 5.41) is 3.64. The van der Waals surface area contributed by atoms with E-state index in [0.29, 0.717) is 11.6 Å². The summed E-state index contributed by atoms with van der Waals surface area (Å²) in [5.41, 5.74) is 1.79. The third-order valence-corrected chi connectivity index (χ3v) is 5.56. The first kappa shape index (κ1) is 23.3. The van der Waals surface area contributed by atoms with Crippen LogP contribution in [-0.4, -0.2) is 34.0 Å². The SMILES string of the molecule is Cc1ccc(CN(C(=O)CSc2ccc(Cl)cc2)[C@@H](C)C(=O)NC(C)(C)C)cc1. The first-order valence-electron chi connectivity index (χ1n) is 9.60. The van der Waals surface area contributed by atoms with Crippen LogP contribution in [0.15, 0.2) is 53.4 Å². The minimum absolute atomic E-state index is 0.0814. The Morgan fingerprint density at radius 2 is 1.66 bits per heavy atom. The van der Waals surface area contributed by atoms with E-state index < -0.39 is 6.04 Å². The maximum atomic E-state index is 13.1. The van der Waals surface area contributed by atoms with Crippen LogP contribution >= 0.6 is 23.4 Å². The van der Waals surface area contributed by atoms with Crippen LogP contribution in [0.3, 0.4) is 0 Å². The number of hydrogen-bond acceptors (Lipinski definition) is 3. The molecule has 2 aromatic rings. The fraction of sp³-hybridized carbons (Fsp3) is 0.391. The van der Waals surface area contributed by atoms with E-state index in [-0.39, 0.29) is 23.1 Å². The number of carbonyl (C=O) groups is 2. The Balaban J connectivity index is 2.15. The van der Waals surface area contributed by atoms with Crippen molar-refractivity contribution in [2.75, 3.05) is 5.75 Å². The van der Waals surface area contributed by atoms with Crippen LogP contribution in [0, 0.1) is 6.92 Å². The summed E-state index contributed by atoms with van der Waals surface area (Å²) in [5.74, 6) is 0.0113. The van der Waals surface area contributed by atoms with Crippen molar-refractivity contribution in [1.29, 1.82) is 0 Å². The lowest BCUT2D eigenvalue weighted by atomic mass is 10.1. The molecule has 2 amide bonds. The lowest BCUT2D eigenvalue weighted by Crippen LogP contribution is -2.52. The average Bonchev–Trinajstić information content (AvgIpc) is 2.65. The fourth-order valence-corrected chi connectivity index (χ4v) is 3.62. The average molecular weight is 433 g/mol. The van der Waals surface area contributed by atoms with Gasteiger partial charge in [0, 0.05) is 22.0 Å². The van der Waals surface area contributed by atoms with Crippen LogP contribution in [0.1, 0.15) is 38.8 Å². The highest BCUT2D eigenvalue weighted by Gasteiger charge is 2.28. The highest BCUT2D eigenvalue weighted by molar-refractivity contribution is 8.00. The zero-order chi connectivity index (χ0) is 21.6. The van der Waals surface area contributed by atoms with Crippen LogP contribution in [0.5, 0.6) is 0 Å². The summed E-state index contributed by atoms with van der Waals surface area (Å²) < 4.78 is 0. The van der Waals surface area contributed by atoms with Gasteiger partial charge in [0.2, 0.25) is 11.8 Å². The van der Waals surface area contributed by atoms with Crippen LogP contribution < -0.4 is 5.32 Å². The molecule has 0 fully saturated rings. The van der Waals surface area contributed by atoms with Gasteiger partial charge in [-0.2, -0.15) is 0 Å². The smallest absolute Gasteiger partial charge is 0.242 e. The molecule has 1 atom stereocenters. The van der Waals surface area contributed by atoms with Gasteiger partial charge in [0.15, 0.2) is 0 Å². The van der Waals surface area contributed by atoms with Gasteiger partial charge in [-0.25, -0.2) is 0 Å². The predicted octanol–water partition coefficient (Wildman–Crippen LogP) is 5.07. The Morgan fingerprint density at radius 1 is 1.07 bits per heavy atom. The Kier molecular flexibility index (Phi) is 8.17. The highest BCUT2D eigenvalue weighted by atomic mass is 35.5. The second kappa shape index (κ2) is 10.2. The minimum atomic E-state index is -0.575. The lowest BCUT2D eigenvalue weighted by molar-refractivity contribution is -0.139. The molecule has 0 heterocycles. The van der Waals surface area contributed by atoms with Crippen molar-refractivity contribution in [2.24, 2.45) is 0 Å². The Hall–Kier alpha value is -1.98. The standard InChI is InChI=1S/C23H29ClN2O2S/c1-16-6-8-18(9-7-16)14-26(17(2)22(28)25-23(3,4)5)21(27)15-29-20-12-10-19(24)11-13-20/h6-13,17H,14-15H2,1-5H3,(H,25,28)/t17-/m0/s1. The first-order chi connectivity index (χ1) is 13.5. The number of amides is 2. The van der Waals surface area contributed by atoms with E-state index in [1.165, 1.54) is 11.8 Å². The van der Waals surface area contributed by atoms with Crippen molar-refractivity contribution in [2.45, 2.75) is 57.6 Å². The quantitative estimate of drug-likeness (QED) is 0.621. The van der Waals surface area contributed by atoms with Crippen molar-refractivity contribution in [3.05, 3.63) is 64.7 Å². The summed E-state index contributed by atoms with van der Waals surface area (Å²) in [7, 11) is 0. The fourth-order valence-electron chi connectivity index (χ4n) is 2.71. The molecule has 6 heteroatoms. The van der Waals surface area contributed by atoms with Crippen molar-refractivity contribution in [1.82, 2.24) is 10.2 Å². The van der Waals surface area contributed by atoms with E-state index in [9.17, 15) is 9.59 Å². The Labute approximate surface area is 183 Å². The number of rotatable bonds is 7. The number of nitrogens with one attached hydrogen (secondary N) is 1. The van der Waals surface area contributed by atoms with Crippen molar-refractivity contribution in [3.8, 4) is 0 Å². The lowest BCUT2D eigenvalue weighted by Gasteiger charge is -2.31. The van der Waals surface area contributed by atoms with E-state index in [1.807, 2.05) is 64.1 Å². The molecule has 156 valence electrons. The summed E-state index contributed by atoms with van der Waals surface area (Å²) in [6, 6.07) is 14.8. The maximum absolute atomic E-state index is 13.1. The van der Waals surface area contributed by atoms with Gasteiger partial charge in [0.1, 0.15) is 6.04 Å². The third kappa shape index (κ3) is 7.75. The third-order valence-electron chi connectivity index (χ3n) is 4.31. The molecule has 2 aromatic carbocycles. The summed E-state index contributed by atoms with van der Waals surface area (Å²) in [6.45, 7) is 9.98. The minimum Gasteiger partial charge on any atom is -0.350 e. The molecule has 0 aliphatic carbocycles. The van der Waals surface area contributed by atoms with Crippen LogP contribution in [-0.2, 0) is 16.1 Å². The number of hydrogen-bond donors (Lipinski definition) is 1. The van der Waals surface area contributed by atoms with Gasteiger partial charge in [0.05, 0.1) is 5.75 Å². The van der Waals surface area contributed by atoms with Crippen molar-refractivity contribution < 1.29 is 9.59 Å². The summed E-state index contributed by atoms with van der Waals surface area (Å²) in [6.07, 6.45) is 0. The van der Waals surface area contributed by atoms with Crippen LogP contribution in [0.4, 0.5) is 0 Å². The summed E-state index contributed by atoms with van der Waals surface area (Å²) >= 11 is 7.37. The van der Waals surface area contributed by atoms with Crippen LogP contribution in [0.2, 0.25) is 5.02 Å². The molecule has 0 aromatic heterocycles. The van der Waals surface area contributed by atoms with Gasteiger partial charge in [-0.05, 0) is 64.4 Å². The number of benzene rings is 2. The second-order valence-corrected chi connectivity index (χ2v) is 9.65. The molecule has 0 saturated heterocycles. The van der Waals surface area contributed by atoms with Gasteiger partial charge < -0.3 is 10.2 Å². The van der Waals surface area contributed by atoms with E-state index in [1.54, 1.807) is 24.0 Å². The Morgan fingerprint density at radius 3 is 2.21 bits per heavy atom. The van der Waals surface area contributed by atoms with Crippen molar-refractivity contribution >= 4 is 35.2 Å². The Bertz CT molecular complexity index is 829. The normalized spacial score (nSPS) is 12.3. The molecule has 4 nitrogen and oxygen atoms in total. The number of nitrogens with zero attached hydrogens (tertiary/aromatic N) is 1. The molecule has 0 bridgehead atoms. The first-order valence-corrected chi connectivity index (χ1v) is 11.0. The molecule has 0 spiro atoms. The molecule has 0 aliphatic heterocycles. The van der Waals surface area contributed by atoms with Gasteiger partial charge in [-0.1, -0.05) is 41.4 Å². The highest BCUT2D eigenvalue weighted by Crippen LogP contribution is 2.22. The summed E-state index contributed by atoms with van der Waals surface area (Å²) in [4.78, 5) is 28.4. The number of carbonyl (C=O) groups excluding carboxylic acids is 2. The molecule has 29 heavy (non-hydrogen) atoms. The number of halogens is 1. The predicted molar refractivity (Wildman–Crippen MR) is 121 cm³/mol. The molecule has 0 aliphatic rings. The molecular weight excluding hydrogens is 404 g/mol. The van der Waals surface area contributed by atoms with E-state index >= 15 is 0 Å². The number of thioether (sulfide) groups is 1. The molecule has 0 saturated carbocycles. The molecule has 0 unspecified atom stereocenters. The monoisotopic (exact) mass is 432 g/mol. The maximum Gasteiger partial charge on any atom is 0.242 e. The van der Waals surface area contributed by atoms with E-state index in [2.05, 4.69) is 5.32 Å². The van der Waals surface area contributed by atoms with Gasteiger partial charge >= 0.3 is 0 Å². The molecule has 1 N–H and O–H groups in total. The van der Waals surface area contributed by atoms with Crippen LogP contribution in [0.25, 0.3) is 0 Å².